The van der Waals surface area contributed by atoms with Gasteiger partial charge in [0.25, 0.3) is 5.91 Å². The summed E-state index contributed by atoms with van der Waals surface area (Å²) in [6.07, 6.45) is 0. The minimum Gasteiger partial charge on any atom is -0.480 e. The number of rotatable bonds is 5. The molecule has 2 rings (SSSR count). The van der Waals surface area contributed by atoms with Crippen molar-refractivity contribution in [1.29, 1.82) is 0 Å². The number of carbonyl (C=O) groups excluding carboxylic acids is 2. The molecule has 0 bridgehead atoms. The van der Waals surface area contributed by atoms with Crippen molar-refractivity contribution in [3.8, 4) is 0 Å². The summed E-state index contributed by atoms with van der Waals surface area (Å²) in [4.78, 5) is 36.7. The highest BCUT2D eigenvalue weighted by molar-refractivity contribution is 6.10. The second-order valence-corrected chi connectivity index (χ2v) is 5.51. The van der Waals surface area contributed by atoms with Crippen molar-refractivity contribution >= 4 is 23.5 Å². The molecule has 6 nitrogen and oxygen atoms in total. The largest absolute Gasteiger partial charge is 0.480 e. The van der Waals surface area contributed by atoms with Crippen LogP contribution in [0.1, 0.15) is 29.8 Å². The van der Waals surface area contributed by atoms with Crippen LogP contribution in [-0.2, 0) is 9.59 Å². The number of hydrogen-bond acceptors (Lipinski definition) is 3. The molecule has 2 amide bonds. The number of benzene rings is 1. The number of hydrogen-bond donors (Lipinski definition) is 2. The van der Waals surface area contributed by atoms with Crippen molar-refractivity contribution < 1.29 is 19.5 Å². The van der Waals surface area contributed by atoms with Gasteiger partial charge in [0, 0.05) is 16.8 Å². The van der Waals surface area contributed by atoms with Gasteiger partial charge in [-0.25, -0.2) is 4.79 Å². The number of nitrogens with zero attached hydrogens (tertiary/aromatic N) is 1. The van der Waals surface area contributed by atoms with Crippen LogP contribution in [0.15, 0.2) is 30.8 Å². The van der Waals surface area contributed by atoms with Gasteiger partial charge < -0.3 is 10.4 Å². The Morgan fingerprint density at radius 3 is 2.36 bits per heavy atom. The number of aliphatic carboxylic acids is 1. The van der Waals surface area contributed by atoms with Crippen molar-refractivity contribution in [1.82, 2.24) is 10.2 Å². The third kappa shape index (κ3) is 2.86. The fraction of sp³-hybridized carbons (Fsp3) is 0.312. The summed E-state index contributed by atoms with van der Waals surface area (Å²) in [5.41, 5.74) is 1.64. The van der Waals surface area contributed by atoms with Crippen molar-refractivity contribution in [3.05, 3.63) is 42.0 Å². The Kier molecular flexibility index (Phi) is 4.30. The zero-order chi connectivity index (χ0) is 16.4. The van der Waals surface area contributed by atoms with Crippen LogP contribution in [0.4, 0.5) is 0 Å². The van der Waals surface area contributed by atoms with Crippen LogP contribution in [0.3, 0.4) is 0 Å². The average molecular weight is 302 g/mol. The maximum Gasteiger partial charge on any atom is 0.326 e. The summed E-state index contributed by atoms with van der Waals surface area (Å²) in [6, 6.07) is 5.99. The van der Waals surface area contributed by atoms with Crippen LogP contribution in [0.5, 0.6) is 0 Å². The lowest BCUT2D eigenvalue weighted by Crippen LogP contribution is -2.47. The molecule has 116 valence electrons. The van der Waals surface area contributed by atoms with Crippen LogP contribution in [0.2, 0.25) is 0 Å². The van der Waals surface area contributed by atoms with E-state index in [1.54, 1.807) is 38.1 Å². The van der Waals surface area contributed by atoms with E-state index in [0.717, 1.165) is 0 Å². The Labute approximate surface area is 128 Å². The lowest BCUT2D eigenvalue weighted by Gasteiger charge is -2.21. The van der Waals surface area contributed by atoms with Gasteiger partial charge in [0.2, 0.25) is 5.91 Å². The van der Waals surface area contributed by atoms with Crippen molar-refractivity contribution in [3.63, 3.8) is 0 Å². The molecular weight excluding hydrogens is 284 g/mol. The van der Waals surface area contributed by atoms with E-state index in [0.29, 0.717) is 16.8 Å². The fourth-order valence-corrected chi connectivity index (χ4v) is 2.38. The molecule has 1 aromatic rings. The molecule has 0 aromatic heterocycles. The molecular formula is C16H18N2O4. The van der Waals surface area contributed by atoms with Gasteiger partial charge in [-0.1, -0.05) is 38.6 Å². The number of amides is 2. The fourth-order valence-electron chi connectivity index (χ4n) is 2.38. The standard InChI is InChI=1S/C16H18N2O4/c1-9(2)14(16(21)22)17-13(19)8-18-10(3)11-6-4-5-7-12(11)15(18)20/h4-7,9,14H,3,8H2,1-2H3,(H,17,19)(H,21,22). The monoisotopic (exact) mass is 302 g/mol. The first kappa shape index (κ1) is 15.8. The normalized spacial score (nSPS) is 15.0. The molecule has 6 heteroatoms. The Morgan fingerprint density at radius 2 is 1.86 bits per heavy atom. The molecule has 0 saturated carbocycles. The lowest BCUT2D eigenvalue weighted by atomic mass is 10.0. The zero-order valence-corrected chi connectivity index (χ0v) is 12.5. The molecule has 1 aromatic carbocycles. The Morgan fingerprint density at radius 1 is 1.27 bits per heavy atom. The van der Waals surface area contributed by atoms with Gasteiger partial charge in [-0.05, 0) is 12.0 Å². The maximum absolute atomic E-state index is 12.3. The Hall–Kier alpha value is -2.63. The van der Waals surface area contributed by atoms with E-state index >= 15 is 0 Å². The summed E-state index contributed by atoms with van der Waals surface area (Å²) in [7, 11) is 0. The van der Waals surface area contributed by atoms with Crippen LogP contribution >= 0.6 is 0 Å². The van der Waals surface area contributed by atoms with E-state index in [4.69, 9.17) is 5.11 Å². The smallest absolute Gasteiger partial charge is 0.326 e. The van der Waals surface area contributed by atoms with Gasteiger partial charge >= 0.3 is 5.97 Å². The first-order valence-electron chi connectivity index (χ1n) is 6.95. The third-order valence-corrected chi connectivity index (χ3v) is 3.59. The predicted octanol–water partition coefficient (Wildman–Crippen LogP) is 1.34. The first-order valence-corrected chi connectivity index (χ1v) is 6.95. The minimum absolute atomic E-state index is 0.247. The Bertz CT molecular complexity index is 616. The third-order valence-electron chi connectivity index (χ3n) is 3.59. The molecule has 0 aliphatic carbocycles. The highest BCUT2D eigenvalue weighted by Gasteiger charge is 2.33. The van der Waals surface area contributed by atoms with Gasteiger partial charge in [-0.15, -0.1) is 0 Å². The molecule has 0 spiro atoms. The summed E-state index contributed by atoms with van der Waals surface area (Å²) >= 11 is 0. The second kappa shape index (κ2) is 6.01. The number of fused-ring (bicyclic) bond motifs is 1. The summed E-state index contributed by atoms with van der Waals surface area (Å²) in [5, 5.41) is 11.5. The molecule has 1 atom stereocenters. The summed E-state index contributed by atoms with van der Waals surface area (Å²) in [6.45, 7) is 7.00. The van der Waals surface area contributed by atoms with Crippen LogP contribution in [0, 0.1) is 5.92 Å². The molecule has 1 aliphatic rings. The van der Waals surface area contributed by atoms with E-state index in [-0.39, 0.29) is 18.4 Å². The predicted molar refractivity (Wildman–Crippen MR) is 80.9 cm³/mol. The number of carbonyl (C=O) groups is 3. The summed E-state index contributed by atoms with van der Waals surface area (Å²) < 4.78 is 0. The van der Waals surface area contributed by atoms with Crippen LogP contribution < -0.4 is 5.32 Å². The van der Waals surface area contributed by atoms with E-state index in [1.807, 2.05) is 0 Å². The Balaban J connectivity index is 2.09. The topological polar surface area (TPSA) is 86.7 Å². The first-order chi connectivity index (χ1) is 10.3. The zero-order valence-electron chi connectivity index (χ0n) is 12.5. The molecule has 1 unspecified atom stereocenters. The van der Waals surface area contributed by atoms with Crippen LogP contribution in [-0.4, -0.2) is 40.4 Å². The molecule has 0 radical (unpaired) electrons. The summed E-state index contributed by atoms with van der Waals surface area (Å²) in [5.74, 6) is -2.18. The molecule has 1 aliphatic heterocycles. The number of carboxylic acid groups (broad SMARTS) is 1. The van der Waals surface area contributed by atoms with Crippen molar-refractivity contribution in [2.75, 3.05) is 6.54 Å². The molecule has 0 saturated heterocycles. The number of carboxylic acids is 1. The highest BCUT2D eigenvalue weighted by atomic mass is 16.4. The quantitative estimate of drug-likeness (QED) is 0.859. The molecule has 2 N–H and O–H groups in total. The van der Waals surface area contributed by atoms with Crippen molar-refractivity contribution in [2.24, 2.45) is 5.92 Å². The lowest BCUT2D eigenvalue weighted by molar-refractivity contribution is -0.143. The van der Waals surface area contributed by atoms with Gasteiger partial charge in [-0.2, -0.15) is 0 Å². The van der Waals surface area contributed by atoms with E-state index in [1.165, 1.54) is 4.90 Å². The van der Waals surface area contributed by atoms with Gasteiger partial charge in [0.15, 0.2) is 0 Å². The highest BCUT2D eigenvalue weighted by Crippen LogP contribution is 2.30. The SMILES string of the molecule is C=C1c2ccccc2C(=O)N1CC(=O)NC(C(=O)O)C(C)C. The average Bonchev–Trinajstić information content (AvgIpc) is 2.70. The van der Waals surface area contributed by atoms with Crippen molar-refractivity contribution in [2.45, 2.75) is 19.9 Å². The van der Waals surface area contributed by atoms with Gasteiger partial charge in [0.05, 0.1) is 0 Å². The molecule has 0 fully saturated rings. The van der Waals surface area contributed by atoms with E-state index in [9.17, 15) is 14.4 Å². The molecule has 1 heterocycles. The van der Waals surface area contributed by atoms with E-state index < -0.39 is 17.9 Å². The molecule has 22 heavy (non-hydrogen) atoms. The van der Waals surface area contributed by atoms with Gasteiger partial charge in [0.1, 0.15) is 12.6 Å². The van der Waals surface area contributed by atoms with E-state index in [2.05, 4.69) is 11.9 Å². The second-order valence-electron chi connectivity index (χ2n) is 5.51. The van der Waals surface area contributed by atoms with Crippen LogP contribution in [0.25, 0.3) is 5.70 Å². The minimum atomic E-state index is -1.10. The van der Waals surface area contributed by atoms with Gasteiger partial charge in [-0.3, -0.25) is 14.5 Å². The number of nitrogens with one attached hydrogen (secondary N) is 1. The maximum atomic E-state index is 12.3.